The van der Waals surface area contributed by atoms with Crippen LogP contribution in [0.4, 0.5) is 4.79 Å². The molecule has 0 radical (unpaired) electrons. The molecule has 2 aliphatic heterocycles. The van der Waals surface area contributed by atoms with Crippen LogP contribution in [0.5, 0.6) is 0 Å². The summed E-state index contributed by atoms with van der Waals surface area (Å²) in [5.74, 6) is 0.105. The van der Waals surface area contributed by atoms with Gasteiger partial charge in [0.2, 0.25) is 11.8 Å². The van der Waals surface area contributed by atoms with Gasteiger partial charge in [-0.25, -0.2) is 4.79 Å². The average Bonchev–Trinajstić information content (AvgIpc) is 3.12. The summed E-state index contributed by atoms with van der Waals surface area (Å²) in [4.78, 5) is 38.5. The van der Waals surface area contributed by atoms with Gasteiger partial charge in [0.25, 0.3) is 0 Å². The largest absolute Gasteiger partial charge is 0.354 e. The van der Waals surface area contributed by atoms with Gasteiger partial charge in [0.15, 0.2) is 0 Å². The summed E-state index contributed by atoms with van der Waals surface area (Å²) in [6.45, 7) is 10.5. The van der Waals surface area contributed by atoms with Crippen LogP contribution in [-0.2, 0) is 9.59 Å². The Labute approximate surface area is 162 Å². The third-order valence-electron chi connectivity index (χ3n) is 5.14. The van der Waals surface area contributed by atoms with Crippen LogP contribution in [0.15, 0.2) is 0 Å². The van der Waals surface area contributed by atoms with E-state index in [1.807, 2.05) is 27.7 Å². The van der Waals surface area contributed by atoms with E-state index in [9.17, 15) is 14.4 Å². The van der Waals surface area contributed by atoms with Crippen molar-refractivity contribution in [3.05, 3.63) is 0 Å². The van der Waals surface area contributed by atoms with Crippen LogP contribution < -0.4 is 21.3 Å². The highest BCUT2D eigenvalue weighted by molar-refractivity contribution is 5.97. The number of urea groups is 1. The van der Waals surface area contributed by atoms with Crippen molar-refractivity contribution < 1.29 is 14.4 Å². The van der Waals surface area contributed by atoms with E-state index in [0.717, 1.165) is 45.3 Å². The Morgan fingerprint density at radius 1 is 1.19 bits per heavy atom. The number of carbonyl (C=O) groups is 3. The molecule has 27 heavy (non-hydrogen) atoms. The minimum Gasteiger partial charge on any atom is -0.354 e. The first-order valence-corrected chi connectivity index (χ1v) is 10.0. The number of carbonyl (C=O) groups excluding carboxylic acids is 3. The molecule has 154 valence electrons. The number of likely N-dealkylation sites (tertiary alicyclic amines) is 1. The third-order valence-corrected chi connectivity index (χ3v) is 5.14. The number of piperidine rings is 1. The number of amides is 4. The minimum atomic E-state index is -0.468. The van der Waals surface area contributed by atoms with Gasteiger partial charge in [-0.15, -0.1) is 0 Å². The minimum absolute atomic E-state index is 0.0595. The first kappa shape index (κ1) is 21.6. The maximum absolute atomic E-state index is 12.4. The summed E-state index contributed by atoms with van der Waals surface area (Å²) in [5.41, 5.74) is -0.393. The Balaban J connectivity index is 1.77. The normalized spacial score (nSPS) is 24.9. The second kappa shape index (κ2) is 9.50. The molecule has 3 unspecified atom stereocenters. The molecule has 0 saturated carbocycles. The SMILES string of the molecule is CC(C(=O)NC(=O)NC(C)(C)C)N1CCCC(CNC(=O)C2CCCN2)C1. The molecule has 0 aromatic heterocycles. The summed E-state index contributed by atoms with van der Waals surface area (Å²) < 4.78 is 0. The van der Waals surface area contributed by atoms with Gasteiger partial charge in [0.1, 0.15) is 0 Å². The Kier molecular flexibility index (Phi) is 7.61. The van der Waals surface area contributed by atoms with E-state index >= 15 is 0 Å². The topological polar surface area (TPSA) is 103 Å². The fourth-order valence-corrected chi connectivity index (χ4v) is 3.65. The molecule has 0 aromatic rings. The Bertz CT molecular complexity index is 540. The number of hydrogen-bond acceptors (Lipinski definition) is 5. The van der Waals surface area contributed by atoms with E-state index in [1.54, 1.807) is 0 Å². The molecule has 8 heteroatoms. The van der Waals surface area contributed by atoms with Gasteiger partial charge in [-0.05, 0) is 72.4 Å². The molecule has 0 aromatic carbocycles. The maximum atomic E-state index is 12.4. The highest BCUT2D eigenvalue weighted by atomic mass is 16.2. The lowest BCUT2D eigenvalue weighted by Gasteiger charge is -2.36. The van der Waals surface area contributed by atoms with Gasteiger partial charge in [0.05, 0.1) is 12.1 Å². The zero-order valence-electron chi connectivity index (χ0n) is 17.1. The molecule has 2 heterocycles. The average molecular weight is 382 g/mol. The van der Waals surface area contributed by atoms with Gasteiger partial charge >= 0.3 is 6.03 Å². The van der Waals surface area contributed by atoms with Crippen molar-refractivity contribution in [3.8, 4) is 0 Å². The van der Waals surface area contributed by atoms with Crippen molar-refractivity contribution in [1.82, 2.24) is 26.2 Å². The van der Waals surface area contributed by atoms with E-state index in [2.05, 4.69) is 26.2 Å². The van der Waals surface area contributed by atoms with Crippen LogP contribution in [0.25, 0.3) is 0 Å². The van der Waals surface area contributed by atoms with Crippen molar-refractivity contribution in [2.45, 2.75) is 71.0 Å². The molecule has 8 nitrogen and oxygen atoms in total. The van der Waals surface area contributed by atoms with E-state index in [4.69, 9.17) is 0 Å². The third kappa shape index (κ3) is 7.10. The molecule has 3 atom stereocenters. The maximum Gasteiger partial charge on any atom is 0.321 e. The Morgan fingerprint density at radius 2 is 1.93 bits per heavy atom. The standard InChI is InChI=1S/C19H35N5O3/c1-13(16(25)22-18(27)23-19(2,3)4)24-10-6-7-14(12-24)11-21-17(26)15-8-5-9-20-15/h13-15,20H,5-12H2,1-4H3,(H,21,26)(H2,22,23,25,27). The van der Waals surface area contributed by atoms with Crippen LogP contribution in [0.2, 0.25) is 0 Å². The van der Waals surface area contributed by atoms with Crippen molar-refractivity contribution >= 4 is 17.8 Å². The highest BCUT2D eigenvalue weighted by Crippen LogP contribution is 2.18. The van der Waals surface area contributed by atoms with Gasteiger partial charge < -0.3 is 16.0 Å². The smallest absolute Gasteiger partial charge is 0.321 e. The molecular weight excluding hydrogens is 346 g/mol. The van der Waals surface area contributed by atoms with Gasteiger partial charge in [-0.1, -0.05) is 0 Å². The quantitative estimate of drug-likeness (QED) is 0.558. The van der Waals surface area contributed by atoms with Gasteiger partial charge in [-0.3, -0.25) is 19.8 Å². The molecule has 2 fully saturated rings. The van der Waals surface area contributed by atoms with Crippen LogP contribution >= 0.6 is 0 Å². The predicted octanol–water partition coefficient (Wildman–Crippen LogP) is 0.579. The van der Waals surface area contributed by atoms with Crippen molar-refractivity contribution in [2.75, 3.05) is 26.2 Å². The summed E-state index contributed by atoms with van der Waals surface area (Å²) in [6, 6.07) is -0.911. The molecule has 2 saturated heterocycles. The molecule has 4 amide bonds. The van der Waals surface area contributed by atoms with Crippen LogP contribution in [0.3, 0.4) is 0 Å². The number of imide groups is 1. The molecule has 0 spiro atoms. The molecule has 0 bridgehead atoms. The lowest BCUT2D eigenvalue weighted by atomic mass is 9.96. The fourth-order valence-electron chi connectivity index (χ4n) is 3.65. The van der Waals surface area contributed by atoms with E-state index in [-0.39, 0.29) is 23.9 Å². The van der Waals surface area contributed by atoms with Crippen LogP contribution in [0, 0.1) is 5.92 Å². The first-order chi connectivity index (χ1) is 12.7. The zero-order valence-corrected chi connectivity index (χ0v) is 17.1. The Hall–Kier alpha value is -1.67. The van der Waals surface area contributed by atoms with E-state index in [1.165, 1.54) is 0 Å². The highest BCUT2D eigenvalue weighted by Gasteiger charge is 2.29. The van der Waals surface area contributed by atoms with E-state index in [0.29, 0.717) is 12.5 Å². The second-order valence-electron chi connectivity index (χ2n) is 8.77. The number of nitrogens with zero attached hydrogens (tertiary/aromatic N) is 1. The Morgan fingerprint density at radius 3 is 2.56 bits per heavy atom. The summed E-state index contributed by atoms with van der Waals surface area (Å²) in [6.07, 6.45) is 3.96. The summed E-state index contributed by atoms with van der Waals surface area (Å²) in [5, 5.41) is 11.4. The van der Waals surface area contributed by atoms with Crippen LogP contribution in [-0.4, -0.2) is 66.5 Å². The molecular formula is C19H35N5O3. The monoisotopic (exact) mass is 381 g/mol. The van der Waals surface area contributed by atoms with E-state index < -0.39 is 11.6 Å². The molecule has 2 rings (SSSR count). The van der Waals surface area contributed by atoms with Crippen molar-refractivity contribution in [1.29, 1.82) is 0 Å². The van der Waals surface area contributed by atoms with Crippen molar-refractivity contribution in [3.63, 3.8) is 0 Å². The molecule has 0 aliphatic carbocycles. The number of hydrogen-bond donors (Lipinski definition) is 4. The summed E-state index contributed by atoms with van der Waals surface area (Å²) >= 11 is 0. The first-order valence-electron chi connectivity index (χ1n) is 10.0. The lowest BCUT2D eigenvalue weighted by molar-refractivity contribution is -0.126. The predicted molar refractivity (Wildman–Crippen MR) is 104 cm³/mol. The fraction of sp³-hybridized carbons (Fsp3) is 0.842. The number of nitrogens with one attached hydrogen (secondary N) is 4. The second-order valence-corrected chi connectivity index (χ2v) is 8.77. The molecule has 4 N–H and O–H groups in total. The van der Waals surface area contributed by atoms with Crippen LogP contribution in [0.1, 0.15) is 53.4 Å². The zero-order chi connectivity index (χ0) is 20.0. The lowest BCUT2D eigenvalue weighted by Crippen LogP contribution is -2.55. The number of rotatable bonds is 5. The summed E-state index contributed by atoms with van der Waals surface area (Å²) in [7, 11) is 0. The van der Waals surface area contributed by atoms with Gasteiger partial charge in [0, 0.05) is 18.6 Å². The molecule has 2 aliphatic rings. The van der Waals surface area contributed by atoms with Gasteiger partial charge in [-0.2, -0.15) is 0 Å². The van der Waals surface area contributed by atoms with Crippen molar-refractivity contribution in [2.24, 2.45) is 5.92 Å².